The maximum atomic E-state index is 8.81. The Hall–Kier alpha value is -1.34. The highest BCUT2D eigenvalue weighted by molar-refractivity contribution is 5.41. The molecule has 0 aromatic heterocycles. The molecule has 1 aliphatic rings. The number of morpholine rings is 1. The van der Waals surface area contributed by atoms with Crippen LogP contribution in [-0.4, -0.2) is 41.9 Å². The summed E-state index contributed by atoms with van der Waals surface area (Å²) in [6, 6.07) is 8.12. The van der Waals surface area contributed by atoms with Crippen LogP contribution >= 0.6 is 0 Å². The Bertz CT molecular complexity index is 465. The molecule has 1 aromatic rings. The SMILES string of the molecule is CC1CN(Cc2ccccc2C#CCO)CC(C)O1. The Kier molecular flexibility index (Phi) is 4.98. The van der Waals surface area contributed by atoms with Crippen LogP contribution in [0.15, 0.2) is 24.3 Å². The van der Waals surface area contributed by atoms with Gasteiger partial charge in [0.2, 0.25) is 0 Å². The monoisotopic (exact) mass is 259 g/mol. The lowest BCUT2D eigenvalue weighted by atomic mass is 10.1. The van der Waals surface area contributed by atoms with Gasteiger partial charge in [0.15, 0.2) is 0 Å². The van der Waals surface area contributed by atoms with E-state index in [1.807, 2.05) is 18.2 Å². The minimum Gasteiger partial charge on any atom is -0.384 e. The summed E-state index contributed by atoms with van der Waals surface area (Å²) in [7, 11) is 0. The average Bonchev–Trinajstić information content (AvgIpc) is 2.36. The van der Waals surface area contributed by atoms with E-state index in [0.29, 0.717) is 0 Å². The molecule has 0 spiro atoms. The Balaban J connectivity index is 2.10. The predicted octanol–water partition coefficient (Wildman–Crippen LogP) is 1.64. The summed E-state index contributed by atoms with van der Waals surface area (Å²) < 4.78 is 5.75. The third kappa shape index (κ3) is 4.07. The van der Waals surface area contributed by atoms with Gasteiger partial charge in [0, 0.05) is 25.2 Å². The van der Waals surface area contributed by atoms with Gasteiger partial charge in [0.25, 0.3) is 0 Å². The molecule has 0 amide bonds. The van der Waals surface area contributed by atoms with Gasteiger partial charge in [0.05, 0.1) is 12.2 Å². The van der Waals surface area contributed by atoms with Gasteiger partial charge >= 0.3 is 0 Å². The molecule has 1 aliphatic heterocycles. The lowest BCUT2D eigenvalue weighted by molar-refractivity contribution is -0.0705. The topological polar surface area (TPSA) is 32.7 Å². The Morgan fingerprint density at radius 1 is 1.26 bits per heavy atom. The van der Waals surface area contributed by atoms with Crippen LogP contribution in [0.1, 0.15) is 25.0 Å². The second-order valence-corrected chi connectivity index (χ2v) is 5.07. The van der Waals surface area contributed by atoms with Crippen LogP contribution in [0.2, 0.25) is 0 Å². The van der Waals surface area contributed by atoms with Gasteiger partial charge in [-0.05, 0) is 25.5 Å². The molecule has 0 saturated carbocycles. The summed E-state index contributed by atoms with van der Waals surface area (Å²) in [4.78, 5) is 2.40. The molecular formula is C16H21NO2. The number of hydrogen-bond acceptors (Lipinski definition) is 3. The van der Waals surface area contributed by atoms with Crippen LogP contribution in [0.4, 0.5) is 0 Å². The Morgan fingerprint density at radius 2 is 1.95 bits per heavy atom. The Labute approximate surface area is 115 Å². The molecule has 1 N–H and O–H groups in total. The number of aliphatic hydroxyl groups excluding tert-OH is 1. The molecule has 0 bridgehead atoms. The van der Waals surface area contributed by atoms with E-state index in [9.17, 15) is 0 Å². The largest absolute Gasteiger partial charge is 0.384 e. The third-order valence-electron chi connectivity index (χ3n) is 3.21. The standard InChI is InChI=1S/C16H21NO2/c1-13-10-17(11-14(2)19-13)12-16-7-4-3-6-15(16)8-5-9-18/h3-4,6-7,13-14,18H,9-12H2,1-2H3. The minimum atomic E-state index is -0.0973. The molecule has 1 saturated heterocycles. The number of ether oxygens (including phenoxy) is 1. The van der Waals surface area contributed by atoms with E-state index in [0.717, 1.165) is 25.2 Å². The summed E-state index contributed by atoms with van der Waals surface area (Å²) in [5.74, 6) is 5.74. The molecule has 3 heteroatoms. The molecule has 0 aliphatic carbocycles. The molecule has 1 aromatic carbocycles. The molecule has 102 valence electrons. The fourth-order valence-electron chi connectivity index (χ4n) is 2.57. The normalized spacial score (nSPS) is 23.7. The van der Waals surface area contributed by atoms with Crippen LogP contribution in [-0.2, 0) is 11.3 Å². The van der Waals surface area contributed by atoms with Crippen molar-refractivity contribution in [3.05, 3.63) is 35.4 Å². The van der Waals surface area contributed by atoms with Gasteiger partial charge in [-0.3, -0.25) is 4.90 Å². The van der Waals surface area contributed by atoms with Crippen molar-refractivity contribution in [2.75, 3.05) is 19.7 Å². The van der Waals surface area contributed by atoms with E-state index in [4.69, 9.17) is 9.84 Å². The first-order valence-electron chi connectivity index (χ1n) is 6.74. The third-order valence-corrected chi connectivity index (χ3v) is 3.21. The fourth-order valence-corrected chi connectivity index (χ4v) is 2.57. The molecule has 1 fully saturated rings. The highest BCUT2D eigenvalue weighted by Crippen LogP contribution is 2.16. The second-order valence-electron chi connectivity index (χ2n) is 5.07. The highest BCUT2D eigenvalue weighted by atomic mass is 16.5. The zero-order valence-corrected chi connectivity index (χ0v) is 11.6. The fraction of sp³-hybridized carbons (Fsp3) is 0.500. The first-order chi connectivity index (χ1) is 9.19. The lowest BCUT2D eigenvalue weighted by Gasteiger charge is -2.35. The maximum Gasteiger partial charge on any atom is 0.104 e. The number of benzene rings is 1. The molecule has 1 heterocycles. The second kappa shape index (κ2) is 6.72. The number of rotatable bonds is 2. The van der Waals surface area contributed by atoms with Crippen molar-refractivity contribution < 1.29 is 9.84 Å². The molecule has 2 rings (SSSR count). The first kappa shape index (κ1) is 14.1. The summed E-state index contributed by atoms with van der Waals surface area (Å²) >= 11 is 0. The minimum absolute atomic E-state index is 0.0973. The van der Waals surface area contributed by atoms with E-state index >= 15 is 0 Å². The van der Waals surface area contributed by atoms with E-state index in [1.54, 1.807) is 0 Å². The van der Waals surface area contributed by atoms with Crippen molar-refractivity contribution in [3.8, 4) is 11.8 Å². The van der Waals surface area contributed by atoms with Crippen LogP contribution in [0, 0.1) is 11.8 Å². The van der Waals surface area contributed by atoms with Crippen LogP contribution in [0.25, 0.3) is 0 Å². The number of nitrogens with zero attached hydrogens (tertiary/aromatic N) is 1. The van der Waals surface area contributed by atoms with Crippen molar-refractivity contribution in [3.63, 3.8) is 0 Å². The van der Waals surface area contributed by atoms with E-state index in [2.05, 4.69) is 36.7 Å². The van der Waals surface area contributed by atoms with Crippen LogP contribution in [0.5, 0.6) is 0 Å². The maximum absolute atomic E-state index is 8.81. The van der Waals surface area contributed by atoms with Gasteiger partial charge < -0.3 is 9.84 Å². The first-order valence-corrected chi connectivity index (χ1v) is 6.74. The molecule has 2 unspecified atom stereocenters. The number of hydrogen-bond donors (Lipinski definition) is 1. The number of aliphatic hydroxyl groups is 1. The molecule has 3 nitrogen and oxygen atoms in total. The summed E-state index contributed by atoms with van der Waals surface area (Å²) in [5.41, 5.74) is 2.22. The van der Waals surface area contributed by atoms with E-state index in [-0.39, 0.29) is 18.8 Å². The van der Waals surface area contributed by atoms with Gasteiger partial charge in [-0.1, -0.05) is 30.0 Å². The van der Waals surface area contributed by atoms with Crippen LogP contribution in [0.3, 0.4) is 0 Å². The molecule has 2 atom stereocenters. The lowest BCUT2D eigenvalue weighted by Crippen LogP contribution is -2.44. The highest BCUT2D eigenvalue weighted by Gasteiger charge is 2.22. The van der Waals surface area contributed by atoms with Crippen molar-refractivity contribution in [1.82, 2.24) is 4.90 Å². The van der Waals surface area contributed by atoms with E-state index < -0.39 is 0 Å². The van der Waals surface area contributed by atoms with Crippen molar-refractivity contribution in [1.29, 1.82) is 0 Å². The van der Waals surface area contributed by atoms with E-state index in [1.165, 1.54) is 5.56 Å². The smallest absolute Gasteiger partial charge is 0.104 e. The summed E-state index contributed by atoms with van der Waals surface area (Å²) in [6.07, 6.45) is 0.555. The van der Waals surface area contributed by atoms with Gasteiger partial charge in [-0.2, -0.15) is 0 Å². The molecular weight excluding hydrogens is 238 g/mol. The average molecular weight is 259 g/mol. The predicted molar refractivity (Wildman–Crippen MR) is 75.7 cm³/mol. The van der Waals surface area contributed by atoms with Crippen molar-refractivity contribution in [2.24, 2.45) is 0 Å². The van der Waals surface area contributed by atoms with Crippen molar-refractivity contribution in [2.45, 2.75) is 32.6 Å². The quantitative estimate of drug-likeness (QED) is 0.820. The zero-order valence-electron chi connectivity index (χ0n) is 11.6. The van der Waals surface area contributed by atoms with Gasteiger partial charge in [-0.15, -0.1) is 0 Å². The molecule has 0 radical (unpaired) electrons. The zero-order chi connectivity index (χ0) is 13.7. The molecule has 19 heavy (non-hydrogen) atoms. The van der Waals surface area contributed by atoms with Crippen molar-refractivity contribution >= 4 is 0 Å². The summed E-state index contributed by atoms with van der Waals surface area (Å²) in [5, 5.41) is 8.81. The van der Waals surface area contributed by atoms with Gasteiger partial charge in [0.1, 0.15) is 6.61 Å². The Morgan fingerprint density at radius 3 is 2.63 bits per heavy atom. The summed E-state index contributed by atoms with van der Waals surface area (Å²) in [6.45, 7) is 6.91. The van der Waals surface area contributed by atoms with Crippen LogP contribution < -0.4 is 0 Å². The van der Waals surface area contributed by atoms with Gasteiger partial charge in [-0.25, -0.2) is 0 Å².